The third kappa shape index (κ3) is 3.21. The first-order chi connectivity index (χ1) is 8.65. The van der Waals surface area contributed by atoms with Crippen LogP contribution in [0.5, 0.6) is 0 Å². The molecule has 0 atom stereocenters. The molecule has 3 N–H and O–H groups in total. The number of primary amides is 1. The quantitative estimate of drug-likeness (QED) is 0.831. The molecular weight excluding hydrogens is 250 g/mol. The molecule has 2 rings (SSSR count). The summed E-state index contributed by atoms with van der Waals surface area (Å²) >= 11 is 5.69. The van der Waals surface area contributed by atoms with Crippen molar-refractivity contribution in [2.24, 2.45) is 5.73 Å². The normalized spacial score (nSPS) is 10.1. The van der Waals surface area contributed by atoms with Crippen molar-refractivity contribution in [2.45, 2.75) is 6.54 Å². The van der Waals surface area contributed by atoms with Crippen molar-refractivity contribution < 1.29 is 4.79 Å². The number of amides is 1. The summed E-state index contributed by atoms with van der Waals surface area (Å²) in [6.07, 6.45) is 1.65. The molecule has 0 aliphatic heterocycles. The van der Waals surface area contributed by atoms with Gasteiger partial charge in [-0.1, -0.05) is 23.7 Å². The molecule has 0 saturated carbocycles. The number of anilines is 1. The van der Waals surface area contributed by atoms with Crippen LogP contribution in [0.1, 0.15) is 15.9 Å². The molecule has 0 fully saturated rings. The minimum atomic E-state index is -0.426. The molecular formula is C13H12ClN3O. The molecule has 0 spiro atoms. The van der Waals surface area contributed by atoms with Gasteiger partial charge in [-0.15, -0.1) is 0 Å². The zero-order valence-electron chi connectivity index (χ0n) is 9.56. The van der Waals surface area contributed by atoms with Crippen LogP contribution < -0.4 is 11.1 Å². The number of aromatic nitrogens is 1. The number of halogens is 1. The Morgan fingerprint density at radius 3 is 2.83 bits per heavy atom. The fraction of sp³-hybridized carbons (Fsp3) is 0.0769. The van der Waals surface area contributed by atoms with Crippen molar-refractivity contribution in [3.8, 4) is 0 Å². The molecule has 4 nitrogen and oxygen atoms in total. The zero-order chi connectivity index (χ0) is 13.0. The first-order valence-electron chi connectivity index (χ1n) is 5.39. The monoisotopic (exact) mass is 261 g/mol. The number of nitrogens with zero attached hydrogens (tertiary/aromatic N) is 1. The fourth-order valence-corrected chi connectivity index (χ4v) is 1.63. The van der Waals surface area contributed by atoms with Crippen LogP contribution in [0, 0.1) is 0 Å². The standard InChI is InChI=1S/C13H12ClN3O/c14-12-5-4-11(8-17-12)16-7-9-2-1-3-10(6-9)13(15)18/h1-6,8,16H,7H2,(H2,15,18). The van der Waals surface area contributed by atoms with Crippen molar-refractivity contribution >= 4 is 23.2 Å². The Morgan fingerprint density at radius 1 is 1.33 bits per heavy atom. The van der Waals surface area contributed by atoms with Crippen LogP contribution in [-0.4, -0.2) is 10.9 Å². The Bertz CT molecular complexity index is 554. The van der Waals surface area contributed by atoms with Crippen LogP contribution in [0.15, 0.2) is 42.6 Å². The Morgan fingerprint density at radius 2 is 2.17 bits per heavy atom. The van der Waals surface area contributed by atoms with E-state index in [1.165, 1.54) is 0 Å². The van der Waals surface area contributed by atoms with Gasteiger partial charge in [-0.2, -0.15) is 0 Å². The van der Waals surface area contributed by atoms with Gasteiger partial charge in [0, 0.05) is 12.1 Å². The van der Waals surface area contributed by atoms with E-state index in [9.17, 15) is 4.79 Å². The van der Waals surface area contributed by atoms with E-state index in [0.717, 1.165) is 11.3 Å². The highest BCUT2D eigenvalue weighted by Crippen LogP contribution is 2.12. The average Bonchev–Trinajstić information content (AvgIpc) is 2.38. The summed E-state index contributed by atoms with van der Waals surface area (Å²) in [7, 11) is 0. The molecule has 1 heterocycles. The van der Waals surface area contributed by atoms with Gasteiger partial charge < -0.3 is 11.1 Å². The number of hydrogen-bond donors (Lipinski definition) is 2. The number of nitrogens with two attached hydrogens (primary N) is 1. The number of carbonyl (C=O) groups is 1. The molecule has 92 valence electrons. The lowest BCUT2D eigenvalue weighted by molar-refractivity contribution is 0.1000. The van der Waals surface area contributed by atoms with E-state index in [1.807, 2.05) is 12.1 Å². The van der Waals surface area contributed by atoms with Gasteiger partial charge in [-0.05, 0) is 29.8 Å². The molecule has 1 aromatic heterocycles. The van der Waals surface area contributed by atoms with Crippen LogP contribution in [0.25, 0.3) is 0 Å². The van der Waals surface area contributed by atoms with Crippen LogP contribution in [0.3, 0.4) is 0 Å². The first kappa shape index (κ1) is 12.4. The lowest BCUT2D eigenvalue weighted by atomic mass is 10.1. The van der Waals surface area contributed by atoms with Gasteiger partial charge in [-0.25, -0.2) is 4.98 Å². The maximum atomic E-state index is 11.0. The molecule has 0 unspecified atom stereocenters. The molecule has 0 saturated heterocycles. The summed E-state index contributed by atoms with van der Waals surface area (Å²) in [4.78, 5) is 15.0. The van der Waals surface area contributed by atoms with Crippen LogP contribution >= 0.6 is 11.6 Å². The fourth-order valence-electron chi connectivity index (χ4n) is 1.52. The molecule has 0 bridgehead atoms. The minimum absolute atomic E-state index is 0.426. The van der Waals surface area contributed by atoms with Gasteiger partial charge in [0.25, 0.3) is 0 Å². The predicted molar refractivity (Wildman–Crippen MR) is 71.5 cm³/mol. The van der Waals surface area contributed by atoms with Crippen LogP contribution in [0.4, 0.5) is 5.69 Å². The maximum absolute atomic E-state index is 11.0. The third-order valence-electron chi connectivity index (χ3n) is 2.44. The van der Waals surface area contributed by atoms with Gasteiger partial charge >= 0.3 is 0 Å². The van der Waals surface area contributed by atoms with Gasteiger partial charge in [0.15, 0.2) is 0 Å². The summed E-state index contributed by atoms with van der Waals surface area (Å²) in [6, 6.07) is 10.7. The van der Waals surface area contributed by atoms with Gasteiger partial charge in [-0.3, -0.25) is 4.79 Å². The van der Waals surface area contributed by atoms with E-state index >= 15 is 0 Å². The summed E-state index contributed by atoms with van der Waals surface area (Å²) in [5, 5.41) is 3.64. The number of pyridine rings is 1. The number of rotatable bonds is 4. The molecule has 5 heteroatoms. The summed E-state index contributed by atoms with van der Waals surface area (Å²) in [5.74, 6) is -0.426. The Balaban J connectivity index is 2.04. The van der Waals surface area contributed by atoms with Crippen LogP contribution in [-0.2, 0) is 6.54 Å². The lowest BCUT2D eigenvalue weighted by Crippen LogP contribution is -2.11. The molecule has 0 radical (unpaired) electrons. The van der Waals surface area contributed by atoms with Crippen molar-refractivity contribution in [3.05, 3.63) is 58.9 Å². The number of nitrogens with one attached hydrogen (secondary N) is 1. The smallest absolute Gasteiger partial charge is 0.248 e. The third-order valence-corrected chi connectivity index (χ3v) is 2.66. The number of benzene rings is 1. The molecule has 18 heavy (non-hydrogen) atoms. The van der Waals surface area contributed by atoms with Crippen molar-refractivity contribution in [1.29, 1.82) is 0 Å². The largest absolute Gasteiger partial charge is 0.380 e. The van der Waals surface area contributed by atoms with Crippen molar-refractivity contribution in [3.63, 3.8) is 0 Å². The van der Waals surface area contributed by atoms with Crippen molar-refractivity contribution in [2.75, 3.05) is 5.32 Å². The van der Waals surface area contributed by atoms with Gasteiger partial charge in [0.05, 0.1) is 11.9 Å². The van der Waals surface area contributed by atoms with Gasteiger partial charge in [0.1, 0.15) is 5.15 Å². The molecule has 1 amide bonds. The van der Waals surface area contributed by atoms with E-state index in [1.54, 1.807) is 30.5 Å². The highest BCUT2D eigenvalue weighted by molar-refractivity contribution is 6.29. The topological polar surface area (TPSA) is 68.0 Å². The molecule has 0 aliphatic carbocycles. The highest BCUT2D eigenvalue weighted by atomic mass is 35.5. The van der Waals surface area contributed by atoms with E-state index in [-0.39, 0.29) is 0 Å². The van der Waals surface area contributed by atoms with Crippen LogP contribution in [0.2, 0.25) is 5.15 Å². The lowest BCUT2D eigenvalue weighted by Gasteiger charge is -2.07. The highest BCUT2D eigenvalue weighted by Gasteiger charge is 2.01. The first-order valence-corrected chi connectivity index (χ1v) is 5.77. The second-order valence-corrected chi connectivity index (χ2v) is 4.18. The second-order valence-electron chi connectivity index (χ2n) is 3.79. The average molecular weight is 262 g/mol. The Kier molecular flexibility index (Phi) is 3.79. The number of carbonyl (C=O) groups excluding carboxylic acids is 1. The van der Waals surface area contributed by atoms with Crippen molar-refractivity contribution in [1.82, 2.24) is 4.98 Å². The van der Waals surface area contributed by atoms with E-state index < -0.39 is 5.91 Å². The Labute approximate surface area is 110 Å². The second kappa shape index (κ2) is 5.51. The zero-order valence-corrected chi connectivity index (χ0v) is 10.3. The summed E-state index contributed by atoms with van der Waals surface area (Å²) in [5.41, 5.74) is 7.56. The Hall–Kier alpha value is -2.07. The predicted octanol–water partition coefficient (Wildman–Crippen LogP) is 2.45. The molecule has 0 aliphatic rings. The van der Waals surface area contributed by atoms with E-state index in [4.69, 9.17) is 17.3 Å². The summed E-state index contributed by atoms with van der Waals surface area (Å²) < 4.78 is 0. The van der Waals surface area contributed by atoms with E-state index in [2.05, 4.69) is 10.3 Å². The van der Waals surface area contributed by atoms with E-state index in [0.29, 0.717) is 17.3 Å². The summed E-state index contributed by atoms with van der Waals surface area (Å²) in [6.45, 7) is 0.588. The SMILES string of the molecule is NC(=O)c1cccc(CNc2ccc(Cl)nc2)c1. The number of hydrogen-bond acceptors (Lipinski definition) is 3. The molecule has 2 aromatic rings. The maximum Gasteiger partial charge on any atom is 0.248 e. The molecule has 1 aromatic carbocycles. The minimum Gasteiger partial charge on any atom is -0.380 e. The van der Waals surface area contributed by atoms with Gasteiger partial charge in [0.2, 0.25) is 5.91 Å².